The third-order valence-corrected chi connectivity index (χ3v) is 3.69. The van der Waals surface area contributed by atoms with Crippen LogP contribution in [0, 0.1) is 0 Å². The van der Waals surface area contributed by atoms with Crippen molar-refractivity contribution < 1.29 is 14.4 Å². The summed E-state index contributed by atoms with van der Waals surface area (Å²) in [7, 11) is 3.87. The Morgan fingerprint density at radius 3 is 2.41 bits per heavy atom. The van der Waals surface area contributed by atoms with E-state index in [4.69, 9.17) is 21.2 Å². The molecule has 0 fully saturated rings. The molecule has 0 aliphatic heterocycles. The first-order chi connectivity index (χ1) is 10.2. The molecule has 0 N–H and O–H groups in total. The van der Waals surface area contributed by atoms with E-state index < -0.39 is 5.97 Å². The van der Waals surface area contributed by atoms with Crippen LogP contribution in [0.4, 0.5) is 0 Å². The minimum Gasteiger partial charge on any atom is -0.461 e. The average Bonchev–Trinajstić information content (AvgIpc) is 2.45. The molecular formula is C16H23ClN2O3. The van der Waals surface area contributed by atoms with E-state index in [1.807, 2.05) is 45.0 Å². The van der Waals surface area contributed by atoms with Crippen molar-refractivity contribution in [3.05, 3.63) is 34.9 Å². The third kappa shape index (κ3) is 6.03. The highest BCUT2D eigenvalue weighted by atomic mass is 35.5. The smallest absolute Gasteiger partial charge is 0.347 e. The average molecular weight is 327 g/mol. The fourth-order valence-corrected chi connectivity index (χ4v) is 1.48. The van der Waals surface area contributed by atoms with E-state index in [9.17, 15) is 4.79 Å². The summed E-state index contributed by atoms with van der Waals surface area (Å²) < 4.78 is 5.18. The van der Waals surface area contributed by atoms with Gasteiger partial charge in [0.2, 0.25) is 6.61 Å². The second kappa shape index (κ2) is 8.15. The molecule has 0 bridgehead atoms. The summed E-state index contributed by atoms with van der Waals surface area (Å²) in [6.07, 6.45) is 0. The zero-order chi connectivity index (χ0) is 16.8. The maximum Gasteiger partial charge on any atom is 0.347 e. The van der Waals surface area contributed by atoms with Gasteiger partial charge in [0.05, 0.1) is 5.71 Å². The first kappa shape index (κ1) is 18.5. The maximum absolute atomic E-state index is 11.6. The number of hydrogen-bond acceptors (Lipinski definition) is 5. The number of carbonyl (C=O) groups excluding carboxylic acids is 1. The number of oxime groups is 1. The van der Waals surface area contributed by atoms with Gasteiger partial charge in [-0.1, -0.05) is 28.9 Å². The third-order valence-electron chi connectivity index (χ3n) is 3.44. The van der Waals surface area contributed by atoms with Crippen LogP contribution in [-0.2, 0) is 14.4 Å². The fourth-order valence-electron chi connectivity index (χ4n) is 1.35. The second-order valence-corrected chi connectivity index (χ2v) is 6.26. The van der Waals surface area contributed by atoms with Crippen LogP contribution in [0.5, 0.6) is 0 Å². The molecule has 0 unspecified atom stereocenters. The van der Waals surface area contributed by atoms with Gasteiger partial charge in [-0.15, -0.1) is 0 Å². The SMILES string of the molecule is C/C(=N\OCC(=O)OCC(C)(C)N(C)C)c1ccc(Cl)cc1. The molecule has 1 aromatic rings. The molecule has 0 spiro atoms. The van der Waals surface area contributed by atoms with Crippen molar-refractivity contribution in [3.8, 4) is 0 Å². The van der Waals surface area contributed by atoms with E-state index in [1.165, 1.54) is 0 Å². The van der Waals surface area contributed by atoms with Crippen molar-refractivity contribution in [1.82, 2.24) is 4.90 Å². The standard InChI is InChI=1S/C16H23ClN2O3/c1-12(13-6-8-14(17)9-7-13)18-22-10-15(20)21-11-16(2,3)19(4)5/h6-9H,10-11H2,1-5H3/b18-12+. The van der Waals surface area contributed by atoms with Crippen molar-refractivity contribution >= 4 is 23.3 Å². The Morgan fingerprint density at radius 2 is 1.86 bits per heavy atom. The summed E-state index contributed by atoms with van der Waals surface area (Å²) in [5, 5.41) is 4.56. The van der Waals surface area contributed by atoms with Crippen LogP contribution in [0.15, 0.2) is 29.4 Å². The summed E-state index contributed by atoms with van der Waals surface area (Å²) in [6.45, 7) is 5.86. The Labute approximate surface area is 136 Å². The topological polar surface area (TPSA) is 51.1 Å². The van der Waals surface area contributed by atoms with Crippen LogP contribution in [0.2, 0.25) is 5.02 Å². The summed E-state index contributed by atoms with van der Waals surface area (Å²) in [4.78, 5) is 18.6. The zero-order valence-corrected chi connectivity index (χ0v) is 14.5. The van der Waals surface area contributed by atoms with E-state index in [2.05, 4.69) is 5.16 Å². The molecule has 1 aromatic carbocycles. The number of rotatable bonds is 7. The molecule has 0 radical (unpaired) electrons. The van der Waals surface area contributed by atoms with Crippen LogP contribution < -0.4 is 0 Å². The number of carbonyl (C=O) groups is 1. The second-order valence-electron chi connectivity index (χ2n) is 5.82. The lowest BCUT2D eigenvalue weighted by molar-refractivity contribution is -0.152. The fraction of sp³-hybridized carbons (Fsp3) is 0.500. The Bertz CT molecular complexity index is 525. The molecule has 0 aromatic heterocycles. The highest BCUT2D eigenvalue weighted by molar-refractivity contribution is 6.30. The van der Waals surface area contributed by atoms with Gasteiger partial charge < -0.3 is 14.5 Å². The van der Waals surface area contributed by atoms with Crippen LogP contribution in [0.25, 0.3) is 0 Å². The summed E-state index contributed by atoms with van der Waals surface area (Å²) in [6, 6.07) is 7.21. The van der Waals surface area contributed by atoms with Crippen LogP contribution in [0.3, 0.4) is 0 Å². The molecule has 22 heavy (non-hydrogen) atoms. The molecule has 5 nitrogen and oxygen atoms in total. The maximum atomic E-state index is 11.6. The molecular weight excluding hydrogens is 304 g/mol. The highest BCUT2D eigenvalue weighted by Crippen LogP contribution is 2.11. The molecule has 6 heteroatoms. The lowest BCUT2D eigenvalue weighted by atomic mass is 10.1. The van der Waals surface area contributed by atoms with Crippen molar-refractivity contribution in [2.45, 2.75) is 26.3 Å². The van der Waals surface area contributed by atoms with Crippen molar-refractivity contribution in [2.75, 3.05) is 27.3 Å². The van der Waals surface area contributed by atoms with Crippen molar-refractivity contribution in [3.63, 3.8) is 0 Å². The summed E-state index contributed by atoms with van der Waals surface area (Å²) >= 11 is 5.82. The van der Waals surface area contributed by atoms with Gasteiger partial charge in [-0.2, -0.15) is 0 Å². The quantitative estimate of drug-likeness (QED) is 0.439. The monoisotopic (exact) mass is 326 g/mol. The minimum atomic E-state index is -0.442. The molecule has 0 amide bonds. The number of benzene rings is 1. The van der Waals surface area contributed by atoms with Gasteiger partial charge in [-0.05, 0) is 52.6 Å². The summed E-state index contributed by atoms with van der Waals surface area (Å²) in [5.41, 5.74) is 1.32. The van der Waals surface area contributed by atoms with Gasteiger partial charge in [0.1, 0.15) is 6.61 Å². The number of hydrogen-bond donors (Lipinski definition) is 0. The molecule has 0 atom stereocenters. The van der Waals surface area contributed by atoms with Gasteiger partial charge >= 0.3 is 5.97 Å². The van der Waals surface area contributed by atoms with E-state index in [-0.39, 0.29) is 12.1 Å². The molecule has 0 saturated carbocycles. The van der Waals surface area contributed by atoms with Crippen LogP contribution in [0.1, 0.15) is 26.3 Å². The normalized spacial score (nSPS) is 12.4. The van der Waals surface area contributed by atoms with E-state index in [0.29, 0.717) is 17.3 Å². The minimum absolute atomic E-state index is 0.214. The summed E-state index contributed by atoms with van der Waals surface area (Å²) in [5.74, 6) is -0.442. The first-order valence-electron chi connectivity index (χ1n) is 6.98. The van der Waals surface area contributed by atoms with E-state index >= 15 is 0 Å². The Hall–Kier alpha value is -1.59. The van der Waals surface area contributed by atoms with Crippen LogP contribution in [-0.4, -0.2) is 49.4 Å². The van der Waals surface area contributed by atoms with Gasteiger partial charge in [-0.3, -0.25) is 0 Å². The largest absolute Gasteiger partial charge is 0.461 e. The Morgan fingerprint density at radius 1 is 1.27 bits per heavy atom. The highest BCUT2D eigenvalue weighted by Gasteiger charge is 2.22. The molecule has 122 valence electrons. The number of likely N-dealkylation sites (N-methyl/N-ethyl adjacent to an activating group) is 1. The number of esters is 1. The number of ether oxygens (including phenoxy) is 1. The Kier molecular flexibility index (Phi) is 6.84. The van der Waals surface area contributed by atoms with Gasteiger partial charge in [0.15, 0.2) is 0 Å². The van der Waals surface area contributed by atoms with Gasteiger partial charge in [0, 0.05) is 10.6 Å². The zero-order valence-electron chi connectivity index (χ0n) is 13.7. The lowest BCUT2D eigenvalue weighted by Crippen LogP contribution is -2.43. The van der Waals surface area contributed by atoms with E-state index in [0.717, 1.165) is 5.56 Å². The predicted octanol–water partition coefficient (Wildman–Crippen LogP) is 2.96. The van der Waals surface area contributed by atoms with Gasteiger partial charge in [-0.25, -0.2) is 4.79 Å². The van der Waals surface area contributed by atoms with E-state index in [1.54, 1.807) is 19.1 Å². The lowest BCUT2D eigenvalue weighted by Gasteiger charge is -2.31. The molecule has 0 saturated heterocycles. The first-order valence-corrected chi connectivity index (χ1v) is 7.36. The van der Waals surface area contributed by atoms with Crippen LogP contribution >= 0.6 is 11.6 Å². The van der Waals surface area contributed by atoms with Gasteiger partial charge in [0.25, 0.3) is 0 Å². The number of halogens is 1. The molecule has 1 rings (SSSR count). The molecule has 0 aliphatic rings. The van der Waals surface area contributed by atoms with Crippen molar-refractivity contribution in [1.29, 1.82) is 0 Å². The molecule has 0 heterocycles. The predicted molar refractivity (Wildman–Crippen MR) is 88.3 cm³/mol. The molecule has 0 aliphatic carbocycles. The Balaban J connectivity index is 2.41. The number of nitrogens with zero attached hydrogens (tertiary/aromatic N) is 2. The van der Waals surface area contributed by atoms with Crippen molar-refractivity contribution in [2.24, 2.45) is 5.16 Å².